The molecule has 1 aromatic carbocycles. The monoisotopic (exact) mass is 267 g/mol. The number of para-hydroxylation sites is 1. The molecule has 2 nitrogen and oxygen atoms in total. The molecule has 104 valence electrons. The lowest BCUT2D eigenvalue weighted by atomic mass is 9.84. The Morgan fingerprint density at radius 1 is 1.25 bits per heavy atom. The normalized spacial score (nSPS) is 19.7. The summed E-state index contributed by atoms with van der Waals surface area (Å²) in [6.07, 6.45) is 8.47. The fourth-order valence-electron chi connectivity index (χ4n) is 2.76. The lowest BCUT2D eigenvalue weighted by molar-refractivity contribution is -0.104. The number of fused-ring (bicyclic) bond motifs is 1. The first-order valence-electron chi connectivity index (χ1n) is 6.82. The van der Waals surface area contributed by atoms with Gasteiger partial charge in [-0.2, -0.15) is 0 Å². The molecule has 1 aliphatic rings. The van der Waals surface area contributed by atoms with Gasteiger partial charge in [-0.1, -0.05) is 44.2 Å². The van der Waals surface area contributed by atoms with Gasteiger partial charge in [0.1, 0.15) is 6.29 Å². The third-order valence-corrected chi connectivity index (χ3v) is 3.88. The van der Waals surface area contributed by atoms with Gasteiger partial charge in [0.15, 0.2) is 0 Å². The van der Waals surface area contributed by atoms with Gasteiger partial charge in [0.2, 0.25) is 0 Å². The molecule has 1 heterocycles. The molecule has 20 heavy (non-hydrogen) atoms. The molecule has 0 saturated carbocycles. The van der Waals surface area contributed by atoms with Crippen LogP contribution in [0.1, 0.15) is 26.3 Å². The summed E-state index contributed by atoms with van der Waals surface area (Å²) in [5, 5.41) is 0. The number of likely N-dealkylation sites (N-methyl/N-ethyl adjacent to an activating group) is 1. The molecule has 0 bridgehead atoms. The minimum atomic E-state index is -0.00202. The first-order chi connectivity index (χ1) is 9.48. The molecular weight excluding hydrogens is 246 g/mol. The Morgan fingerprint density at radius 2 is 1.95 bits per heavy atom. The summed E-state index contributed by atoms with van der Waals surface area (Å²) in [4.78, 5) is 12.6. The number of hydrogen-bond donors (Lipinski definition) is 0. The largest absolute Gasteiger partial charge is 0.347 e. The second-order valence-corrected chi connectivity index (χ2v) is 5.66. The second-order valence-electron chi connectivity index (χ2n) is 5.66. The number of benzene rings is 1. The summed E-state index contributed by atoms with van der Waals surface area (Å²) in [6.45, 7) is 6.40. The van der Waals surface area contributed by atoms with E-state index in [9.17, 15) is 4.79 Å². The fraction of sp³-hybridized carbons (Fsp3) is 0.278. The van der Waals surface area contributed by atoms with Crippen molar-refractivity contribution in [1.29, 1.82) is 0 Å². The van der Waals surface area contributed by atoms with Crippen LogP contribution in [0.15, 0.2) is 59.8 Å². The van der Waals surface area contributed by atoms with E-state index in [1.165, 1.54) is 16.9 Å². The Balaban J connectivity index is 2.35. The molecular formula is C18H21NO. The van der Waals surface area contributed by atoms with Gasteiger partial charge in [-0.25, -0.2) is 0 Å². The van der Waals surface area contributed by atoms with E-state index >= 15 is 0 Å². The average Bonchev–Trinajstić information content (AvgIpc) is 2.61. The van der Waals surface area contributed by atoms with E-state index in [1.54, 1.807) is 6.08 Å². The van der Waals surface area contributed by atoms with Gasteiger partial charge in [0, 0.05) is 23.8 Å². The highest BCUT2D eigenvalue weighted by Gasteiger charge is 2.37. The Bertz CT molecular complexity index is 606. The molecule has 2 heteroatoms. The first-order valence-corrected chi connectivity index (χ1v) is 6.82. The smallest absolute Gasteiger partial charge is 0.143 e. The molecule has 0 spiro atoms. The van der Waals surface area contributed by atoms with E-state index in [2.05, 4.69) is 56.1 Å². The number of carbonyl (C=O) groups excluding carboxylic acids is 1. The van der Waals surface area contributed by atoms with Gasteiger partial charge in [0.05, 0.1) is 0 Å². The first kappa shape index (κ1) is 14.3. The predicted molar refractivity (Wildman–Crippen MR) is 84.9 cm³/mol. The van der Waals surface area contributed by atoms with Crippen LogP contribution in [0.25, 0.3) is 0 Å². The van der Waals surface area contributed by atoms with Crippen molar-refractivity contribution < 1.29 is 4.79 Å². The van der Waals surface area contributed by atoms with E-state index in [1.807, 2.05) is 19.1 Å². The summed E-state index contributed by atoms with van der Waals surface area (Å²) in [5.41, 5.74) is 4.82. The Hall–Kier alpha value is -2.09. The van der Waals surface area contributed by atoms with Crippen LogP contribution in [0.3, 0.4) is 0 Å². The zero-order chi connectivity index (χ0) is 14.8. The van der Waals surface area contributed by atoms with Gasteiger partial charge < -0.3 is 4.90 Å². The Labute approximate surface area is 121 Å². The van der Waals surface area contributed by atoms with E-state index < -0.39 is 0 Å². The van der Waals surface area contributed by atoms with Crippen molar-refractivity contribution in [3.05, 3.63) is 65.4 Å². The van der Waals surface area contributed by atoms with Gasteiger partial charge in [-0.3, -0.25) is 4.79 Å². The molecule has 2 rings (SSSR count). The third-order valence-electron chi connectivity index (χ3n) is 3.88. The molecule has 0 radical (unpaired) electrons. The van der Waals surface area contributed by atoms with E-state index in [0.717, 1.165) is 11.9 Å². The van der Waals surface area contributed by atoms with Gasteiger partial charge in [0.25, 0.3) is 0 Å². The van der Waals surface area contributed by atoms with Gasteiger partial charge in [-0.15, -0.1) is 0 Å². The van der Waals surface area contributed by atoms with Crippen molar-refractivity contribution >= 4 is 12.0 Å². The fourth-order valence-corrected chi connectivity index (χ4v) is 2.76. The van der Waals surface area contributed by atoms with Gasteiger partial charge in [-0.05, 0) is 36.3 Å². The van der Waals surface area contributed by atoms with Crippen molar-refractivity contribution in [3.63, 3.8) is 0 Å². The van der Waals surface area contributed by atoms with Crippen LogP contribution in [0, 0.1) is 0 Å². The Kier molecular flexibility index (Phi) is 3.93. The topological polar surface area (TPSA) is 20.3 Å². The molecule has 0 amide bonds. The molecule has 0 aliphatic carbocycles. The number of nitrogens with zero attached hydrogens (tertiary/aromatic N) is 1. The SMILES string of the molecule is CC(/C=C/C=C1\N(C)c2ccccc2C1(C)C)=C\C=O. The summed E-state index contributed by atoms with van der Waals surface area (Å²) >= 11 is 0. The van der Waals surface area contributed by atoms with Crippen molar-refractivity contribution in [2.75, 3.05) is 11.9 Å². The van der Waals surface area contributed by atoms with Crippen molar-refractivity contribution in [2.24, 2.45) is 0 Å². The van der Waals surface area contributed by atoms with Crippen LogP contribution in [-0.2, 0) is 10.2 Å². The maximum Gasteiger partial charge on any atom is 0.143 e. The molecule has 1 aliphatic heterocycles. The van der Waals surface area contributed by atoms with Crippen molar-refractivity contribution in [2.45, 2.75) is 26.2 Å². The van der Waals surface area contributed by atoms with Crippen molar-refractivity contribution in [1.82, 2.24) is 0 Å². The highest BCUT2D eigenvalue weighted by molar-refractivity contribution is 5.70. The molecule has 0 saturated heterocycles. The number of aldehydes is 1. The van der Waals surface area contributed by atoms with Crippen LogP contribution in [0.4, 0.5) is 5.69 Å². The Morgan fingerprint density at radius 3 is 2.60 bits per heavy atom. The highest BCUT2D eigenvalue weighted by atomic mass is 16.1. The van der Waals surface area contributed by atoms with Crippen LogP contribution in [0.2, 0.25) is 0 Å². The van der Waals surface area contributed by atoms with E-state index in [-0.39, 0.29) is 5.41 Å². The summed E-state index contributed by atoms with van der Waals surface area (Å²) in [5.74, 6) is 0. The molecule has 0 atom stereocenters. The quantitative estimate of drug-likeness (QED) is 0.469. The van der Waals surface area contributed by atoms with Crippen molar-refractivity contribution in [3.8, 4) is 0 Å². The second kappa shape index (κ2) is 5.49. The molecule has 1 aromatic rings. The average molecular weight is 267 g/mol. The summed E-state index contributed by atoms with van der Waals surface area (Å²) in [6, 6.07) is 8.50. The van der Waals surface area contributed by atoms with Crippen LogP contribution >= 0.6 is 0 Å². The highest BCUT2D eigenvalue weighted by Crippen LogP contribution is 2.46. The number of anilines is 1. The summed E-state index contributed by atoms with van der Waals surface area (Å²) in [7, 11) is 2.10. The van der Waals surface area contributed by atoms with E-state index in [4.69, 9.17) is 0 Å². The third kappa shape index (κ3) is 2.46. The zero-order valence-corrected chi connectivity index (χ0v) is 12.6. The molecule has 0 fully saturated rings. The maximum atomic E-state index is 10.4. The number of allylic oxidation sites excluding steroid dienone is 6. The molecule has 0 aromatic heterocycles. The minimum Gasteiger partial charge on any atom is -0.347 e. The standard InChI is InChI=1S/C18H21NO/c1-14(12-13-20)8-7-11-17-18(2,3)15-9-5-6-10-16(15)19(17)4/h5-13H,1-4H3/b8-7+,14-12+,17-11-. The lowest BCUT2D eigenvalue weighted by Crippen LogP contribution is -2.22. The molecule has 0 N–H and O–H groups in total. The maximum absolute atomic E-state index is 10.4. The number of carbonyl (C=O) groups is 1. The zero-order valence-electron chi connectivity index (χ0n) is 12.6. The van der Waals surface area contributed by atoms with Gasteiger partial charge >= 0.3 is 0 Å². The van der Waals surface area contributed by atoms with E-state index in [0.29, 0.717) is 0 Å². The molecule has 0 unspecified atom stereocenters. The predicted octanol–water partition coefficient (Wildman–Crippen LogP) is 4.00. The van der Waals surface area contributed by atoms with Crippen LogP contribution in [0.5, 0.6) is 0 Å². The number of rotatable bonds is 3. The lowest BCUT2D eigenvalue weighted by Gasteiger charge is -2.23. The summed E-state index contributed by atoms with van der Waals surface area (Å²) < 4.78 is 0. The van der Waals surface area contributed by atoms with Crippen LogP contribution in [-0.4, -0.2) is 13.3 Å². The number of hydrogen-bond acceptors (Lipinski definition) is 2. The van der Waals surface area contributed by atoms with Crippen LogP contribution < -0.4 is 4.90 Å². The minimum absolute atomic E-state index is 0.00202.